The predicted octanol–water partition coefficient (Wildman–Crippen LogP) is 4.65. The molecule has 5 nitrogen and oxygen atoms in total. The highest BCUT2D eigenvalue weighted by atomic mass is 35.5. The number of rotatable bonds is 4. The van der Waals surface area contributed by atoms with Crippen LogP contribution in [0.15, 0.2) is 72.8 Å². The topological polar surface area (TPSA) is 75.8 Å². The third-order valence-electron chi connectivity index (χ3n) is 5.10. The molecule has 29 heavy (non-hydrogen) atoms. The van der Waals surface area contributed by atoms with E-state index in [-0.39, 0.29) is 24.2 Å². The maximum Gasteiger partial charge on any atom is 0.410 e. The van der Waals surface area contributed by atoms with Gasteiger partial charge in [0.15, 0.2) is 6.10 Å². The Hall–Kier alpha value is -3.02. The molecule has 0 saturated heterocycles. The van der Waals surface area contributed by atoms with Crippen molar-refractivity contribution in [3.05, 3.63) is 89.5 Å². The van der Waals surface area contributed by atoms with E-state index in [4.69, 9.17) is 10.5 Å². The molecule has 1 aliphatic carbocycles. The lowest BCUT2D eigenvalue weighted by molar-refractivity contribution is 0.0846. The molecule has 3 aromatic carbocycles. The summed E-state index contributed by atoms with van der Waals surface area (Å²) in [5.74, 6) is 0.183. The number of hydrogen-bond donors (Lipinski definition) is 2. The van der Waals surface area contributed by atoms with Gasteiger partial charge in [-0.15, -0.1) is 12.4 Å². The van der Waals surface area contributed by atoms with Gasteiger partial charge >= 0.3 is 6.09 Å². The maximum atomic E-state index is 12.7. The second kappa shape index (κ2) is 8.55. The lowest BCUT2D eigenvalue weighted by Crippen LogP contribution is -2.35. The Kier molecular flexibility index (Phi) is 6.11. The molecule has 4 rings (SSSR count). The van der Waals surface area contributed by atoms with Crippen LogP contribution in [0.5, 0.6) is 5.75 Å². The zero-order valence-corrected chi connectivity index (χ0v) is 16.8. The number of ether oxygens (including phenoxy) is 1. The molecule has 0 heterocycles. The average molecular weight is 411 g/mol. The van der Waals surface area contributed by atoms with Gasteiger partial charge in [0.05, 0.1) is 0 Å². The summed E-state index contributed by atoms with van der Waals surface area (Å²) in [7, 11) is 1.68. The normalized spacial score (nSPS) is 13.0. The summed E-state index contributed by atoms with van der Waals surface area (Å²) < 4.78 is 5.87. The van der Waals surface area contributed by atoms with Gasteiger partial charge in [-0.1, -0.05) is 60.7 Å². The van der Waals surface area contributed by atoms with Crippen molar-refractivity contribution >= 4 is 18.5 Å². The summed E-state index contributed by atoms with van der Waals surface area (Å²) in [5.41, 5.74) is 11.2. The maximum absolute atomic E-state index is 12.7. The molecular formula is C23H23ClN2O3. The summed E-state index contributed by atoms with van der Waals surface area (Å²) in [6.07, 6.45) is -0.849. The van der Waals surface area contributed by atoms with Crippen LogP contribution in [-0.2, 0) is 4.74 Å². The minimum absolute atomic E-state index is 0. The Bertz CT molecular complexity index is 962. The van der Waals surface area contributed by atoms with Crippen LogP contribution < -0.4 is 5.73 Å². The van der Waals surface area contributed by atoms with Crippen molar-refractivity contribution < 1.29 is 14.6 Å². The zero-order valence-electron chi connectivity index (χ0n) is 16.0. The van der Waals surface area contributed by atoms with Crippen LogP contribution in [-0.4, -0.2) is 29.7 Å². The fourth-order valence-electron chi connectivity index (χ4n) is 3.62. The van der Waals surface area contributed by atoms with E-state index in [1.54, 1.807) is 31.3 Å². The molecule has 0 fully saturated rings. The molecule has 0 spiro atoms. The van der Waals surface area contributed by atoms with Crippen molar-refractivity contribution in [1.29, 1.82) is 0 Å². The molecule has 0 radical (unpaired) electrons. The second-order valence-electron chi connectivity index (χ2n) is 7.02. The molecule has 0 aromatic heterocycles. The van der Waals surface area contributed by atoms with E-state index in [2.05, 4.69) is 0 Å². The van der Waals surface area contributed by atoms with Gasteiger partial charge in [0.25, 0.3) is 0 Å². The van der Waals surface area contributed by atoms with Crippen LogP contribution in [0.25, 0.3) is 11.1 Å². The lowest BCUT2D eigenvalue weighted by Gasteiger charge is -2.24. The van der Waals surface area contributed by atoms with Crippen molar-refractivity contribution in [2.24, 2.45) is 5.73 Å². The van der Waals surface area contributed by atoms with Gasteiger partial charge in [-0.05, 0) is 28.8 Å². The monoisotopic (exact) mass is 410 g/mol. The molecule has 1 amide bonds. The molecule has 0 saturated carbocycles. The Labute approximate surface area is 176 Å². The van der Waals surface area contributed by atoms with Gasteiger partial charge in [0, 0.05) is 30.8 Å². The first-order chi connectivity index (χ1) is 13.5. The number of phenolic OH excluding ortho intramolecular Hbond substituents is 1. The summed E-state index contributed by atoms with van der Waals surface area (Å²) in [4.78, 5) is 14.2. The number of nitrogens with two attached hydrogens (primary N) is 1. The summed E-state index contributed by atoms with van der Waals surface area (Å²) in [5, 5.41) is 9.40. The first kappa shape index (κ1) is 20.7. The highest BCUT2D eigenvalue weighted by molar-refractivity contribution is 5.85. The van der Waals surface area contributed by atoms with Crippen molar-refractivity contribution in [3.8, 4) is 16.9 Å². The van der Waals surface area contributed by atoms with E-state index in [1.165, 1.54) is 4.90 Å². The number of carbonyl (C=O) groups excluding carboxylic acids is 1. The largest absolute Gasteiger partial charge is 0.508 e. The standard InChI is InChI=1S/C23H22N2O3.ClH/c1-25(14-21(24)15-10-12-16(26)13-11-15)23(27)28-22-19-8-4-2-6-17(19)18-7-3-5-9-20(18)22;/h2-13,21-22,26H,14,24H2,1H3;1H/t21-;/m1./s1. The predicted molar refractivity (Wildman–Crippen MR) is 115 cm³/mol. The number of aromatic hydroxyl groups is 1. The minimum atomic E-state index is -0.425. The summed E-state index contributed by atoms with van der Waals surface area (Å²) in [6.45, 7) is 0.305. The first-order valence-corrected chi connectivity index (χ1v) is 9.19. The average Bonchev–Trinajstić information content (AvgIpc) is 3.02. The lowest BCUT2D eigenvalue weighted by atomic mass is 10.1. The quantitative estimate of drug-likeness (QED) is 0.656. The summed E-state index contributed by atoms with van der Waals surface area (Å²) >= 11 is 0. The zero-order chi connectivity index (χ0) is 19.7. The SMILES string of the molecule is CN(C[C@@H](N)c1ccc(O)cc1)C(=O)OC1c2ccccc2-c2ccccc21.Cl. The Balaban J connectivity index is 0.00000240. The molecule has 1 atom stereocenters. The minimum Gasteiger partial charge on any atom is -0.508 e. The molecule has 6 heteroatoms. The van der Waals surface area contributed by atoms with Gasteiger partial charge in [0.1, 0.15) is 5.75 Å². The highest BCUT2D eigenvalue weighted by Crippen LogP contribution is 2.45. The number of phenols is 1. The second-order valence-corrected chi connectivity index (χ2v) is 7.02. The van der Waals surface area contributed by atoms with E-state index in [1.807, 2.05) is 48.5 Å². The molecular weight excluding hydrogens is 388 g/mol. The Morgan fingerprint density at radius 1 is 1.00 bits per heavy atom. The van der Waals surface area contributed by atoms with Crippen molar-refractivity contribution in [3.63, 3.8) is 0 Å². The fraction of sp³-hybridized carbons (Fsp3) is 0.174. The third-order valence-corrected chi connectivity index (χ3v) is 5.10. The number of carbonyl (C=O) groups is 1. The van der Waals surface area contributed by atoms with E-state index < -0.39 is 12.2 Å². The molecule has 3 aromatic rings. The molecule has 150 valence electrons. The molecule has 0 bridgehead atoms. The third kappa shape index (κ3) is 4.06. The van der Waals surface area contributed by atoms with Crippen molar-refractivity contribution in [1.82, 2.24) is 4.90 Å². The van der Waals surface area contributed by atoms with Crippen LogP contribution >= 0.6 is 12.4 Å². The van der Waals surface area contributed by atoms with E-state index in [0.717, 1.165) is 27.8 Å². The number of amides is 1. The molecule has 0 unspecified atom stereocenters. The highest BCUT2D eigenvalue weighted by Gasteiger charge is 2.32. The van der Waals surface area contributed by atoms with Crippen LogP contribution in [0.4, 0.5) is 4.79 Å². The van der Waals surface area contributed by atoms with Gasteiger partial charge in [0.2, 0.25) is 0 Å². The van der Waals surface area contributed by atoms with E-state index >= 15 is 0 Å². The van der Waals surface area contributed by atoms with Gasteiger partial charge in [-0.3, -0.25) is 0 Å². The number of hydrogen-bond acceptors (Lipinski definition) is 4. The van der Waals surface area contributed by atoms with Gasteiger partial charge in [-0.2, -0.15) is 0 Å². The first-order valence-electron chi connectivity index (χ1n) is 9.19. The van der Waals surface area contributed by atoms with E-state index in [0.29, 0.717) is 6.54 Å². The van der Waals surface area contributed by atoms with Crippen LogP contribution in [0, 0.1) is 0 Å². The van der Waals surface area contributed by atoms with Gasteiger partial charge in [-0.25, -0.2) is 4.79 Å². The van der Waals surface area contributed by atoms with Crippen LogP contribution in [0.3, 0.4) is 0 Å². The van der Waals surface area contributed by atoms with Crippen LogP contribution in [0.2, 0.25) is 0 Å². The Morgan fingerprint density at radius 3 is 2.07 bits per heavy atom. The number of benzene rings is 3. The number of halogens is 1. The number of likely N-dealkylation sites (N-methyl/N-ethyl adjacent to an activating group) is 1. The van der Waals surface area contributed by atoms with E-state index in [9.17, 15) is 9.90 Å². The number of fused-ring (bicyclic) bond motifs is 3. The van der Waals surface area contributed by atoms with Crippen LogP contribution in [0.1, 0.15) is 28.8 Å². The van der Waals surface area contributed by atoms with Crippen molar-refractivity contribution in [2.75, 3.05) is 13.6 Å². The Morgan fingerprint density at radius 2 is 1.52 bits per heavy atom. The number of nitrogens with zero attached hydrogens (tertiary/aromatic N) is 1. The fourth-order valence-corrected chi connectivity index (χ4v) is 3.62. The molecule has 3 N–H and O–H groups in total. The molecule has 1 aliphatic rings. The van der Waals surface area contributed by atoms with Crippen molar-refractivity contribution in [2.45, 2.75) is 12.1 Å². The molecule has 0 aliphatic heterocycles. The van der Waals surface area contributed by atoms with Gasteiger partial charge < -0.3 is 20.5 Å². The summed E-state index contributed by atoms with van der Waals surface area (Å²) in [6, 6.07) is 22.3. The smallest absolute Gasteiger partial charge is 0.410 e.